The molecule has 0 aliphatic heterocycles. The van der Waals surface area contributed by atoms with Crippen molar-refractivity contribution in [3.05, 3.63) is 44.7 Å². The molecule has 1 aromatic heterocycles. The molecule has 0 N–H and O–H groups in total. The number of Topliss-reactive ketones (excluding diaryl/α,β-unsaturated/α-hetero) is 1. The summed E-state index contributed by atoms with van der Waals surface area (Å²) in [7, 11) is 0. The van der Waals surface area contributed by atoms with Crippen molar-refractivity contribution in [1.82, 2.24) is 0 Å². The topological polar surface area (TPSA) is 17.1 Å². The Balaban J connectivity index is 2.56. The molecule has 1 heterocycles. The molecular weight excluding hydrogens is 228 g/mol. The minimum absolute atomic E-state index is 0.235. The molecule has 1 nitrogen and oxygen atoms in total. The van der Waals surface area contributed by atoms with Crippen LogP contribution in [0.3, 0.4) is 0 Å². The summed E-state index contributed by atoms with van der Waals surface area (Å²) in [5.74, 6) is 0.235. The zero-order valence-electron chi connectivity index (χ0n) is 11.0. The van der Waals surface area contributed by atoms with E-state index in [9.17, 15) is 4.79 Å². The maximum atomic E-state index is 12.7. The van der Waals surface area contributed by atoms with Crippen LogP contribution in [0.1, 0.15) is 44.3 Å². The second kappa shape index (κ2) is 3.95. The Kier molecular flexibility index (Phi) is 2.86. The minimum Gasteiger partial charge on any atom is -0.292 e. The monoisotopic (exact) mass is 246 g/mol. The van der Waals surface area contributed by atoms with Gasteiger partial charge < -0.3 is 0 Å². The van der Waals surface area contributed by atoms with Crippen molar-refractivity contribution in [2.75, 3.05) is 0 Å². The molecule has 0 atom stereocenters. The number of rotatable bonds is 2. The number of carbonyl (C=O) groups excluding carboxylic acids is 1. The van der Waals surface area contributed by atoms with Gasteiger partial charge in [0, 0.05) is 0 Å². The molecule has 0 spiro atoms. The molecule has 1 aliphatic carbocycles. The fourth-order valence-corrected chi connectivity index (χ4v) is 3.36. The van der Waals surface area contributed by atoms with Crippen LogP contribution >= 0.6 is 11.3 Å². The van der Waals surface area contributed by atoms with Gasteiger partial charge in [0.25, 0.3) is 0 Å². The van der Waals surface area contributed by atoms with Crippen molar-refractivity contribution in [2.45, 2.75) is 34.6 Å². The first-order valence-electron chi connectivity index (χ1n) is 5.85. The summed E-state index contributed by atoms with van der Waals surface area (Å²) < 4.78 is 0. The molecule has 17 heavy (non-hydrogen) atoms. The Morgan fingerprint density at radius 3 is 2.06 bits per heavy atom. The quantitative estimate of drug-likeness (QED) is 0.696. The molecule has 1 aliphatic rings. The molecule has 0 radical (unpaired) electrons. The average Bonchev–Trinajstić information content (AvgIpc) is 2.90. The second-order valence-electron chi connectivity index (χ2n) is 4.93. The molecule has 0 saturated heterocycles. The third-order valence-electron chi connectivity index (χ3n) is 4.39. The average molecular weight is 246 g/mol. The van der Waals surface area contributed by atoms with E-state index in [0.29, 0.717) is 0 Å². The fraction of sp³-hybridized carbons (Fsp3) is 0.400. The summed E-state index contributed by atoms with van der Waals surface area (Å²) in [6, 6.07) is 3.86. The standard InChI is InChI=1S/C15H18OS/c1-9-10(2)12(4)15(5,11(9)3)14(16)13-7-6-8-17-13/h6-8H,1-5H3. The Morgan fingerprint density at radius 2 is 1.65 bits per heavy atom. The summed E-state index contributed by atoms with van der Waals surface area (Å²) in [5, 5.41) is 1.96. The zero-order chi connectivity index (χ0) is 12.8. The number of carbonyl (C=O) groups is 1. The highest BCUT2D eigenvalue weighted by molar-refractivity contribution is 7.12. The third-order valence-corrected chi connectivity index (χ3v) is 5.26. The Hall–Kier alpha value is -1.15. The van der Waals surface area contributed by atoms with Gasteiger partial charge in [0.15, 0.2) is 5.78 Å². The maximum Gasteiger partial charge on any atom is 0.186 e. The predicted octanol–water partition coefficient (Wildman–Crippen LogP) is 4.62. The second-order valence-corrected chi connectivity index (χ2v) is 5.88. The van der Waals surface area contributed by atoms with Crippen LogP contribution in [0.25, 0.3) is 0 Å². The normalized spacial score (nSPS) is 19.1. The number of allylic oxidation sites excluding steroid dienone is 4. The zero-order valence-corrected chi connectivity index (χ0v) is 11.9. The van der Waals surface area contributed by atoms with Gasteiger partial charge in [0.05, 0.1) is 10.3 Å². The van der Waals surface area contributed by atoms with Gasteiger partial charge in [-0.05, 0) is 57.2 Å². The lowest BCUT2D eigenvalue weighted by Gasteiger charge is -2.26. The van der Waals surface area contributed by atoms with E-state index in [-0.39, 0.29) is 5.78 Å². The summed E-state index contributed by atoms with van der Waals surface area (Å²) in [6.45, 7) is 10.4. The lowest BCUT2D eigenvalue weighted by Crippen LogP contribution is -2.28. The van der Waals surface area contributed by atoms with Gasteiger partial charge in [-0.15, -0.1) is 11.3 Å². The van der Waals surface area contributed by atoms with E-state index in [4.69, 9.17) is 0 Å². The number of ketones is 1. The first kappa shape index (κ1) is 12.3. The van der Waals surface area contributed by atoms with Gasteiger partial charge in [0.1, 0.15) is 0 Å². The van der Waals surface area contributed by atoms with E-state index in [2.05, 4.69) is 34.6 Å². The molecule has 2 rings (SSSR count). The number of hydrogen-bond donors (Lipinski definition) is 0. The van der Waals surface area contributed by atoms with E-state index in [1.165, 1.54) is 33.6 Å². The van der Waals surface area contributed by atoms with E-state index in [1.807, 2.05) is 17.5 Å². The van der Waals surface area contributed by atoms with Gasteiger partial charge in [0.2, 0.25) is 0 Å². The van der Waals surface area contributed by atoms with Crippen LogP contribution in [0.15, 0.2) is 39.8 Å². The highest BCUT2D eigenvalue weighted by Gasteiger charge is 2.43. The van der Waals surface area contributed by atoms with E-state index < -0.39 is 5.41 Å². The number of hydrogen-bond acceptors (Lipinski definition) is 2. The van der Waals surface area contributed by atoms with E-state index >= 15 is 0 Å². The van der Waals surface area contributed by atoms with Crippen LogP contribution in [-0.4, -0.2) is 5.78 Å². The summed E-state index contributed by atoms with van der Waals surface area (Å²) in [6.07, 6.45) is 0. The Morgan fingerprint density at radius 1 is 1.12 bits per heavy atom. The lowest BCUT2D eigenvalue weighted by molar-refractivity contribution is 0.0896. The van der Waals surface area contributed by atoms with Crippen molar-refractivity contribution < 1.29 is 4.79 Å². The van der Waals surface area contributed by atoms with Crippen molar-refractivity contribution in [1.29, 1.82) is 0 Å². The van der Waals surface area contributed by atoms with Crippen LogP contribution in [0, 0.1) is 5.41 Å². The van der Waals surface area contributed by atoms with Crippen molar-refractivity contribution in [3.63, 3.8) is 0 Å². The van der Waals surface area contributed by atoms with E-state index in [1.54, 1.807) is 0 Å². The molecule has 0 amide bonds. The number of thiophene rings is 1. The van der Waals surface area contributed by atoms with Gasteiger partial charge >= 0.3 is 0 Å². The van der Waals surface area contributed by atoms with Gasteiger partial charge in [-0.25, -0.2) is 0 Å². The van der Waals surface area contributed by atoms with Crippen LogP contribution in [0.4, 0.5) is 0 Å². The summed E-state index contributed by atoms with van der Waals surface area (Å²) in [5.41, 5.74) is 4.51. The highest BCUT2D eigenvalue weighted by atomic mass is 32.1. The molecule has 0 aromatic carbocycles. The van der Waals surface area contributed by atoms with Crippen LogP contribution in [0.5, 0.6) is 0 Å². The molecule has 90 valence electrons. The van der Waals surface area contributed by atoms with Crippen molar-refractivity contribution in [2.24, 2.45) is 5.41 Å². The first-order chi connectivity index (χ1) is 7.90. The van der Waals surface area contributed by atoms with Gasteiger partial charge in [-0.2, -0.15) is 0 Å². The Labute approximate surface area is 107 Å². The predicted molar refractivity (Wildman–Crippen MR) is 73.5 cm³/mol. The molecule has 0 unspecified atom stereocenters. The maximum absolute atomic E-state index is 12.7. The van der Waals surface area contributed by atoms with Gasteiger partial charge in [-0.1, -0.05) is 17.2 Å². The van der Waals surface area contributed by atoms with Crippen LogP contribution < -0.4 is 0 Å². The molecule has 0 fully saturated rings. The molecule has 0 bridgehead atoms. The molecular formula is C15H18OS. The fourth-order valence-electron chi connectivity index (χ4n) is 2.59. The SMILES string of the molecule is CC1=C(C)C(C)(C(=O)c2cccs2)C(C)=C1C. The highest BCUT2D eigenvalue weighted by Crippen LogP contribution is 2.48. The molecule has 0 saturated carbocycles. The van der Waals surface area contributed by atoms with Crippen molar-refractivity contribution >= 4 is 17.1 Å². The molecule has 1 aromatic rings. The smallest absolute Gasteiger partial charge is 0.186 e. The third kappa shape index (κ3) is 1.54. The molecule has 2 heteroatoms. The van der Waals surface area contributed by atoms with Crippen LogP contribution in [0.2, 0.25) is 0 Å². The Bertz CT molecular complexity index is 505. The van der Waals surface area contributed by atoms with Gasteiger partial charge in [-0.3, -0.25) is 4.79 Å². The van der Waals surface area contributed by atoms with E-state index in [0.717, 1.165) is 4.88 Å². The lowest BCUT2D eigenvalue weighted by atomic mass is 9.75. The summed E-state index contributed by atoms with van der Waals surface area (Å²) in [4.78, 5) is 13.5. The van der Waals surface area contributed by atoms with Crippen molar-refractivity contribution in [3.8, 4) is 0 Å². The minimum atomic E-state index is -0.432. The largest absolute Gasteiger partial charge is 0.292 e. The van der Waals surface area contributed by atoms with Crippen LogP contribution in [-0.2, 0) is 0 Å². The first-order valence-corrected chi connectivity index (χ1v) is 6.73. The summed E-state index contributed by atoms with van der Waals surface area (Å²) >= 11 is 1.53.